The molecule has 1 nitrogen and oxygen atoms in total. The molecule has 1 fully saturated rings. The molecule has 0 aliphatic heterocycles. The van der Waals surface area contributed by atoms with Gasteiger partial charge in [0.25, 0.3) is 0 Å². The Morgan fingerprint density at radius 1 is 0.941 bits per heavy atom. The Kier molecular flexibility index (Phi) is 3.88. The Morgan fingerprint density at radius 3 is 2.06 bits per heavy atom. The van der Waals surface area contributed by atoms with Crippen LogP contribution in [-0.2, 0) is 6.54 Å². The molecule has 0 amide bonds. The van der Waals surface area contributed by atoms with Crippen molar-refractivity contribution in [2.24, 2.45) is 0 Å². The van der Waals surface area contributed by atoms with Crippen LogP contribution in [0.15, 0.2) is 24.3 Å². The summed E-state index contributed by atoms with van der Waals surface area (Å²) in [5.74, 6) is 0.835. The molecule has 1 aromatic carbocycles. The van der Waals surface area contributed by atoms with Crippen molar-refractivity contribution >= 4 is 0 Å². The van der Waals surface area contributed by atoms with E-state index in [-0.39, 0.29) is 0 Å². The second-order valence-electron chi connectivity index (χ2n) is 6.52. The van der Waals surface area contributed by atoms with Crippen LogP contribution in [0.5, 0.6) is 0 Å². The molecular formula is C16H26N+. The van der Waals surface area contributed by atoms with Gasteiger partial charge in [0.05, 0.1) is 21.1 Å². The fourth-order valence-corrected chi connectivity index (χ4v) is 2.88. The summed E-state index contributed by atoms with van der Waals surface area (Å²) in [6.45, 7) is 1.12. The van der Waals surface area contributed by atoms with Crippen molar-refractivity contribution in [3.63, 3.8) is 0 Å². The lowest BCUT2D eigenvalue weighted by Crippen LogP contribution is -2.33. The van der Waals surface area contributed by atoms with Crippen molar-refractivity contribution in [1.29, 1.82) is 0 Å². The minimum Gasteiger partial charge on any atom is -0.327 e. The predicted molar refractivity (Wildman–Crippen MR) is 74.0 cm³/mol. The highest BCUT2D eigenvalue weighted by Gasteiger charge is 2.15. The van der Waals surface area contributed by atoms with Gasteiger partial charge in [0.2, 0.25) is 0 Å². The lowest BCUT2D eigenvalue weighted by molar-refractivity contribution is -0.884. The SMILES string of the molecule is C[N+](C)(C)Cc1ccc(C2CCCCC2)cc1. The number of hydrogen-bond donors (Lipinski definition) is 0. The van der Waals surface area contributed by atoms with Crippen LogP contribution in [0.1, 0.15) is 49.1 Å². The van der Waals surface area contributed by atoms with E-state index in [0.29, 0.717) is 0 Å². The molecule has 0 bridgehead atoms. The Hall–Kier alpha value is -0.820. The first-order valence-corrected chi connectivity index (χ1v) is 6.94. The molecule has 1 heteroatoms. The zero-order chi connectivity index (χ0) is 12.3. The summed E-state index contributed by atoms with van der Waals surface area (Å²) in [5, 5.41) is 0. The van der Waals surface area contributed by atoms with Crippen LogP contribution >= 0.6 is 0 Å². The summed E-state index contributed by atoms with van der Waals surface area (Å²) in [6.07, 6.45) is 7.08. The molecule has 0 N–H and O–H groups in total. The third kappa shape index (κ3) is 3.85. The van der Waals surface area contributed by atoms with Gasteiger partial charge in [-0.3, -0.25) is 0 Å². The molecule has 0 heterocycles. The summed E-state index contributed by atoms with van der Waals surface area (Å²) >= 11 is 0. The number of hydrogen-bond acceptors (Lipinski definition) is 0. The molecule has 0 spiro atoms. The van der Waals surface area contributed by atoms with Crippen LogP contribution in [-0.4, -0.2) is 25.6 Å². The van der Waals surface area contributed by atoms with E-state index >= 15 is 0 Å². The van der Waals surface area contributed by atoms with Crippen LogP contribution < -0.4 is 0 Å². The second-order valence-corrected chi connectivity index (χ2v) is 6.52. The van der Waals surface area contributed by atoms with Crippen molar-refractivity contribution in [2.75, 3.05) is 21.1 Å². The summed E-state index contributed by atoms with van der Waals surface area (Å²) in [4.78, 5) is 0. The van der Waals surface area contributed by atoms with Crippen LogP contribution in [0.25, 0.3) is 0 Å². The third-order valence-corrected chi connectivity index (χ3v) is 3.71. The molecular weight excluding hydrogens is 206 g/mol. The van der Waals surface area contributed by atoms with E-state index in [1.54, 1.807) is 5.56 Å². The van der Waals surface area contributed by atoms with Crippen molar-refractivity contribution in [2.45, 2.75) is 44.6 Å². The number of nitrogens with zero attached hydrogens (tertiary/aromatic N) is 1. The minimum absolute atomic E-state index is 0.835. The van der Waals surface area contributed by atoms with Gasteiger partial charge in [0.1, 0.15) is 6.54 Å². The maximum Gasteiger partial charge on any atom is 0.104 e. The molecule has 0 atom stereocenters. The first-order chi connectivity index (χ1) is 8.04. The van der Waals surface area contributed by atoms with Gasteiger partial charge in [0, 0.05) is 5.56 Å². The average molecular weight is 232 g/mol. The van der Waals surface area contributed by atoms with Crippen molar-refractivity contribution in [1.82, 2.24) is 0 Å². The number of benzene rings is 1. The highest BCUT2D eigenvalue weighted by atomic mass is 15.3. The van der Waals surface area contributed by atoms with Crippen LogP contribution in [0.3, 0.4) is 0 Å². The van der Waals surface area contributed by atoms with E-state index in [0.717, 1.165) is 16.9 Å². The van der Waals surface area contributed by atoms with Crippen molar-refractivity contribution in [3.8, 4) is 0 Å². The maximum atomic E-state index is 2.36. The molecule has 0 radical (unpaired) electrons. The van der Waals surface area contributed by atoms with E-state index in [4.69, 9.17) is 0 Å². The molecule has 17 heavy (non-hydrogen) atoms. The second kappa shape index (κ2) is 5.22. The first-order valence-electron chi connectivity index (χ1n) is 6.94. The monoisotopic (exact) mass is 232 g/mol. The lowest BCUT2D eigenvalue weighted by atomic mass is 9.84. The molecule has 2 rings (SSSR count). The van der Waals surface area contributed by atoms with Gasteiger partial charge in [-0.2, -0.15) is 0 Å². The van der Waals surface area contributed by atoms with E-state index in [1.165, 1.54) is 37.7 Å². The highest BCUT2D eigenvalue weighted by Crippen LogP contribution is 2.32. The van der Waals surface area contributed by atoms with E-state index < -0.39 is 0 Å². The van der Waals surface area contributed by atoms with E-state index in [2.05, 4.69) is 45.4 Å². The van der Waals surface area contributed by atoms with Gasteiger partial charge in [-0.25, -0.2) is 0 Å². The molecule has 1 saturated carbocycles. The average Bonchev–Trinajstić information content (AvgIpc) is 2.29. The highest BCUT2D eigenvalue weighted by molar-refractivity contribution is 5.25. The van der Waals surface area contributed by atoms with Gasteiger partial charge in [0.15, 0.2) is 0 Å². The maximum absolute atomic E-state index is 2.36. The lowest BCUT2D eigenvalue weighted by Gasteiger charge is -2.25. The number of quaternary nitrogens is 1. The smallest absolute Gasteiger partial charge is 0.104 e. The predicted octanol–water partition coefficient (Wildman–Crippen LogP) is 3.94. The minimum atomic E-state index is 0.835. The quantitative estimate of drug-likeness (QED) is 0.692. The van der Waals surface area contributed by atoms with Crippen molar-refractivity contribution < 1.29 is 4.48 Å². The van der Waals surface area contributed by atoms with Gasteiger partial charge >= 0.3 is 0 Å². The number of rotatable bonds is 3. The summed E-state index contributed by atoms with van der Waals surface area (Å²) in [7, 11) is 6.74. The summed E-state index contributed by atoms with van der Waals surface area (Å²) in [6, 6.07) is 9.38. The Labute approximate surface area is 106 Å². The van der Waals surface area contributed by atoms with Crippen molar-refractivity contribution in [3.05, 3.63) is 35.4 Å². The molecule has 0 unspecified atom stereocenters. The third-order valence-electron chi connectivity index (χ3n) is 3.71. The first kappa shape index (κ1) is 12.6. The molecule has 1 aromatic rings. The zero-order valence-electron chi connectivity index (χ0n) is 11.6. The van der Waals surface area contributed by atoms with Gasteiger partial charge in [-0.1, -0.05) is 43.5 Å². The van der Waals surface area contributed by atoms with Crippen LogP contribution in [0, 0.1) is 0 Å². The molecule has 94 valence electrons. The van der Waals surface area contributed by atoms with Gasteiger partial charge in [-0.05, 0) is 24.3 Å². The van der Waals surface area contributed by atoms with Crippen LogP contribution in [0.2, 0.25) is 0 Å². The van der Waals surface area contributed by atoms with E-state index in [1.807, 2.05) is 0 Å². The molecule has 1 aliphatic carbocycles. The summed E-state index contributed by atoms with van der Waals surface area (Å²) in [5.41, 5.74) is 3.02. The van der Waals surface area contributed by atoms with E-state index in [9.17, 15) is 0 Å². The molecule has 1 aliphatic rings. The van der Waals surface area contributed by atoms with Gasteiger partial charge < -0.3 is 4.48 Å². The Bertz CT molecular complexity index is 339. The zero-order valence-corrected chi connectivity index (χ0v) is 11.6. The molecule has 0 saturated heterocycles. The summed E-state index contributed by atoms with van der Waals surface area (Å²) < 4.78 is 1.00. The van der Waals surface area contributed by atoms with Gasteiger partial charge in [-0.15, -0.1) is 0 Å². The fourth-order valence-electron chi connectivity index (χ4n) is 2.88. The molecule has 0 aromatic heterocycles. The van der Waals surface area contributed by atoms with Crippen LogP contribution in [0.4, 0.5) is 0 Å². The Morgan fingerprint density at radius 2 is 1.53 bits per heavy atom. The largest absolute Gasteiger partial charge is 0.327 e. The topological polar surface area (TPSA) is 0 Å². The normalized spacial score (nSPS) is 18.3. The standard InChI is InChI=1S/C16H26N/c1-17(2,3)13-14-9-11-16(12-10-14)15-7-5-4-6-8-15/h9-12,15H,4-8,13H2,1-3H3/q+1. The fraction of sp³-hybridized carbons (Fsp3) is 0.625. The Balaban J connectivity index is 2.02.